The Morgan fingerprint density at radius 2 is 1.78 bits per heavy atom. The lowest BCUT2D eigenvalue weighted by molar-refractivity contribution is -0.129. The molecule has 2 unspecified atom stereocenters. The molecule has 11 heteroatoms. The molecule has 10 nitrogen and oxygen atoms in total. The molecule has 0 aromatic carbocycles. The number of phosphoric ester groups is 1. The molecule has 23 heavy (non-hydrogen) atoms. The van der Waals surface area contributed by atoms with Gasteiger partial charge in [-0.25, -0.2) is 4.57 Å². The second kappa shape index (κ2) is 12.4. The number of rotatable bonds is 13. The van der Waals surface area contributed by atoms with Crippen LogP contribution in [0.3, 0.4) is 0 Å². The minimum atomic E-state index is -3.75. The molecule has 0 aliphatic rings. The van der Waals surface area contributed by atoms with Gasteiger partial charge in [-0.2, -0.15) is 0 Å². The van der Waals surface area contributed by atoms with Crippen molar-refractivity contribution in [2.45, 2.75) is 12.5 Å². The van der Waals surface area contributed by atoms with Gasteiger partial charge in [-0.3, -0.25) is 23.2 Å². The molecule has 2 N–H and O–H groups in total. The van der Waals surface area contributed by atoms with Crippen molar-refractivity contribution in [1.82, 2.24) is 10.6 Å². The fourth-order valence-corrected chi connectivity index (χ4v) is 2.28. The minimum absolute atomic E-state index is 0.0432. The van der Waals surface area contributed by atoms with Crippen LogP contribution in [0.4, 0.5) is 0 Å². The normalized spacial score (nSPS) is 14.8. The summed E-state index contributed by atoms with van der Waals surface area (Å²) in [5.41, 5.74) is 0. The molecule has 0 aromatic rings. The number of ether oxygens (including phenoxy) is 2. The molecule has 0 radical (unpaired) electrons. The summed E-state index contributed by atoms with van der Waals surface area (Å²) in [4.78, 5) is 22.3. The predicted molar refractivity (Wildman–Crippen MR) is 80.9 cm³/mol. The van der Waals surface area contributed by atoms with E-state index < -0.39 is 25.7 Å². The van der Waals surface area contributed by atoms with Crippen LogP contribution in [0.15, 0.2) is 0 Å². The maximum atomic E-state index is 12.1. The highest BCUT2D eigenvalue weighted by Crippen LogP contribution is 2.48. The average molecular weight is 356 g/mol. The van der Waals surface area contributed by atoms with Crippen molar-refractivity contribution in [2.75, 3.05) is 54.7 Å². The van der Waals surface area contributed by atoms with Gasteiger partial charge in [-0.15, -0.1) is 0 Å². The zero-order valence-corrected chi connectivity index (χ0v) is 14.7. The molecule has 0 fully saturated rings. The number of hydrogen-bond donors (Lipinski definition) is 2. The van der Waals surface area contributed by atoms with Crippen molar-refractivity contribution in [1.29, 1.82) is 0 Å². The third-order valence-corrected chi connectivity index (χ3v) is 4.01. The van der Waals surface area contributed by atoms with E-state index in [1.54, 1.807) is 0 Å². The molecular formula is C12H25N2O8P. The molecule has 0 spiro atoms. The second-order valence-corrected chi connectivity index (χ2v) is 6.05. The Morgan fingerprint density at radius 3 is 2.30 bits per heavy atom. The zero-order valence-electron chi connectivity index (χ0n) is 13.8. The quantitative estimate of drug-likeness (QED) is 0.262. The van der Waals surface area contributed by atoms with Crippen LogP contribution in [0.5, 0.6) is 0 Å². The smallest absolute Gasteiger partial charge is 0.382 e. The first-order valence-corrected chi connectivity index (χ1v) is 8.30. The van der Waals surface area contributed by atoms with Crippen LogP contribution >= 0.6 is 7.82 Å². The largest absolute Gasteiger partial charge is 0.474 e. The summed E-state index contributed by atoms with van der Waals surface area (Å²) in [6.07, 6.45) is -0.707. The molecule has 0 aliphatic carbocycles. The summed E-state index contributed by atoms with van der Waals surface area (Å²) in [5, 5.41) is 4.76. The van der Waals surface area contributed by atoms with E-state index in [2.05, 4.69) is 10.6 Å². The van der Waals surface area contributed by atoms with E-state index in [4.69, 9.17) is 23.0 Å². The molecule has 2 amide bonds. The van der Waals surface area contributed by atoms with Crippen molar-refractivity contribution < 1.29 is 37.2 Å². The Balaban J connectivity index is 4.09. The Hall–Kier alpha value is -1.03. The van der Waals surface area contributed by atoms with E-state index in [1.165, 1.54) is 28.4 Å². The fourth-order valence-electron chi connectivity index (χ4n) is 1.33. The zero-order chi connectivity index (χ0) is 17.7. The molecule has 0 rings (SSSR count). The van der Waals surface area contributed by atoms with E-state index in [0.717, 1.165) is 0 Å². The molecule has 0 aliphatic heterocycles. The summed E-state index contributed by atoms with van der Waals surface area (Å²) in [5.74, 6) is -0.876. The van der Waals surface area contributed by atoms with Crippen LogP contribution in [-0.4, -0.2) is 72.7 Å². The van der Waals surface area contributed by atoms with Crippen molar-refractivity contribution in [3.63, 3.8) is 0 Å². The maximum Gasteiger partial charge on any atom is 0.474 e. The summed E-state index contributed by atoms with van der Waals surface area (Å²) >= 11 is 0. The number of nitrogens with one attached hydrogen (secondary N) is 2. The fraction of sp³-hybridized carbons (Fsp3) is 0.833. The minimum Gasteiger partial charge on any atom is -0.382 e. The Bertz CT molecular complexity index is 407. The third kappa shape index (κ3) is 10.4. The predicted octanol–water partition coefficient (Wildman–Crippen LogP) is -0.312. The van der Waals surface area contributed by atoms with E-state index in [-0.39, 0.29) is 32.8 Å². The van der Waals surface area contributed by atoms with Gasteiger partial charge in [0.2, 0.25) is 11.8 Å². The molecule has 0 saturated heterocycles. The maximum absolute atomic E-state index is 12.1. The number of hydrogen-bond acceptors (Lipinski definition) is 8. The van der Waals surface area contributed by atoms with E-state index in [0.29, 0.717) is 0 Å². The van der Waals surface area contributed by atoms with Crippen molar-refractivity contribution in [3.8, 4) is 0 Å². The van der Waals surface area contributed by atoms with Gasteiger partial charge in [0.25, 0.3) is 0 Å². The third-order valence-electron chi connectivity index (χ3n) is 2.60. The van der Waals surface area contributed by atoms with Crippen LogP contribution in [-0.2, 0) is 37.2 Å². The lowest BCUT2D eigenvalue weighted by atomic mass is 10.4. The van der Waals surface area contributed by atoms with E-state index >= 15 is 0 Å². The lowest BCUT2D eigenvalue weighted by Gasteiger charge is -2.19. The topological polar surface area (TPSA) is 121 Å². The lowest BCUT2D eigenvalue weighted by Crippen LogP contribution is -2.32. The SMILES string of the molecule is CNC(=O)CC(=O)NCCOP(=O)(OC)OCC(COC)OC. The van der Waals surface area contributed by atoms with Crippen molar-refractivity contribution in [2.24, 2.45) is 0 Å². The van der Waals surface area contributed by atoms with Gasteiger partial charge in [0.1, 0.15) is 12.5 Å². The van der Waals surface area contributed by atoms with Crippen LogP contribution in [0.2, 0.25) is 0 Å². The van der Waals surface area contributed by atoms with Gasteiger partial charge in [0, 0.05) is 34.9 Å². The summed E-state index contributed by atoms with van der Waals surface area (Å²) < 4.78 is 37.0. The molecule has 0 bridgehead atoms. The summed E-state index contributed by atoms with van der Waals surface area (Å²) in [6.45, 7) is 0.166. The molecule has 2 atom stereocenters. The molecule has 0 aromatic heterocycles. The van der Waals surface area contributed by atoms with Gasteiger partial charge < -0.3 is 20.1 Å². The molecule has 0 heterocycles. The standard InChI is InChI=1S/C12H25N2O8P/c1-13-11(15)7-12(16)14-5-6-21-23(17,20-4)22-9-10(19-3)8-18-2/h10H,5-9H2,1-4H3,(H,13,15)(H,14,16). The van der Waals surface area contributed by atoms with Crippen LogP contribution in [0.1, 0.15) is 6.42 Å². The Kier molecular flexibility index (Phi) is 11.8. The first-order chi connectivity index (χ1) is 10.9. The number of amides is 2. The summed E-state index contributed by atoms with van der Waals surface area (Å²) in [6, 6.07) is 0. The molecule has 0 saturated carbocycles. The van der Waals surface area contributed by atoms with E-state index in [1.807, 2.05) is 0 Å². The van der Waals surface area contributed by atoms with Crippen molar-refractivity contribution >= 4 is 19.6 Å². The van der Waals surface area contributed by atoms with Gasteiger partial charge in [0.05, 0.1) is 19.8 Å². The number of methoxy groups -OCH3 is 2. The first-order valence-electron chi connectivity index (χ1n) is 6.84. The monoisotopic (exact) mass is 356 g/mol. The van der Waals surface area contributed by atoms with E-state index in [9.17, 15) is 14.2 Å². The van der Waals surface area contributed by atoms with Gasteiger partial charge in [-0.05, 0) is 0 Å². The highest BCUT2D eigenvalue weighted by molar-refractivity contribution is 7.48. The van der Waals surface area contributed by atoms with Crippen LogP contribution in [0, 0.1) is 0 Å². The highest BCUT2D eigenvalue weighted by Gasteiger charge is 2.26. The summed E-state index contributed by atoms with van der Waals surface area (Å²) in [7, 11) is 1.83. The van der Waals surface area contributed by atoms with Crippen LogP contribution in [0.25, 0.3) is 0 Å². The highest BCUT2D eigenvalue weighted by atomic mass is 31.2. The second-order valence-electron chi connectivity index (χ2n) is 4.27. The molecular weight excluding hydrogens is 331 g/mol. The Labute approximate surface area is 135 Å². The Morgan fingerprint density at radius 1 is 1.09 bits per heavy atom. The van der Waals surface area contributed by atoms with Gasteiger partial charge in [-0.1, -0.05) is 0 Å². The average Bonchev–Trinajstić information content (AvgIpc) is 2.55. The first kappa shape index (κ1) is 22.0. The van der Waals surface area contributed by atoms with Crippen LogP contribution < -0.4 is 10.6 Å². The van der Waals surface area contributed by atoms with Gasteiger partial charge >= 0.3 is 7.82 Å². The van der Waals surface area contributed by atoms with Gasteiger partial charge in [0.15, 0.2) is 0 Å². The van der Waals surface area contributed by atoms with Crippen molar-refractivity contribution in [3.05, 3.63) is 0 Å². The number of carbonyl (C=O) groups is 2. The number of carbonyl (C=O) groups excluding carboxylic acids is 2. The number of phosphoric acid groups is 1. The molecule has 136 valence electrons.